The van der Waals surface area contributed by atoms with Gasteiger partial charge in [-0.15, -0.1) is 0 Å². The SMILES string of the molecule is NS(=O)(=O)c1ccc(NC(=O)C2CCCCO2)cc1Br. The first-order valence-electron chi connectivity index (χ1n) is 6.13. The lowest BCUT2D eigenvalue weighted by atomic mass is 10.1. The minimum Gasteiger partial charge on any atom is -0.368 e. The van der Waals surface area contributed by atoms with Gasteiger partial charge in [-0.05, 0) is 53.4 Å². The summed E-state index contributed by atoms with van der Waals surface area (Å²) in [5.74, 6) is -0.222. The third-order valence-corrected chi connectivity index (χ3v) is 4.87. The molecule has 2 rings (SSSR count). The lowest BCUT2D eigenvalue weighted by Crippen LogP contribution is -2.33. The van der Waals surface area contributed by atoms with Crippen LogP contribution < -0.4 is 10.5 Å². The van der Waals surface area contributed by atoms with Gasteiger partial charge in [0, 0.05) is 16.8 Å². The maximum Gasteiger partial charge on any atom is 0.253 e. The molecule has 0 saturated carbocycles. The number of hydrogen-bond acceptors (Lipinski definition) is 4. The van der Waals surface area contributed by atoms with E-state index in [1.54, 1.807) is 0 Å². The van der Waals surface area contributed by atoms with Crippen LogP contribution in [0, 0.1) is 0 Å². The van der Waals surface area contributed by atoms with Gasteiger partial charge in [0.25, 0.3) is 5.91 Å². The topological polar surface area (TPSA) is 98.5 Å². The third-order valence-electron chi connectivity index (χ3n) is 2.98. The van der Waals surface area contributed by atoms with Crippen LogP contribution in [-0.2, 0) is 19.6 Å². The van der Waals surface area contributed by atoms with E-state index in [-0.39, 0.29) is 10.8 Å². The molecular weight excluding hydrogens is 348 g/mol. The summed E-state index contributed by atoms with van der Waals surface area (Å²) in [6, 6.07) is 4.34. The van der Waals surface area contributed by atoms with E-state index in [1.165, 1.54) is 18.2 Å². The monoisotopic (exact) mass is 362 g/mol. The first kappa shape index (κ1) is 15.4. The minimum atomic E-state index is -3.78. The van der Waals surface area contributed by atoms with E-state index in [2.05, 4.69) is 21.2 Å². The molecule has 1 aliphatic rings. The number of anilines is 1. The zero-order valence-electron chi connectivity index (χ0n) is 10.6. The number of carbonyl (C=O) groups is 1. The predicted octanol–water partition coefficient (Wildman–Crippen LogP) is 1.60. The van der Waals surface area contributed by atoms with E-state index in [1.807, 2.05) is 0 Å². The zero-order chi connectivity index (χ0) is 14.8. The van der Waals surface area contributed by atoms with Gasteiger partial charge >= 0.3 is 0 Å². The average Bonchev–Trinajstić information content (AvgIpc) is 2.38. The Labute approximate surface area is 125 Å². The van der Waals surface area contributed by atoms with Crippen molar-refractivity contribution >= 4 is 37.5 Å². The van der Waals surface area contributed by atoms with Crippen molar-refractivity contribution in [2.45, 2.75) is 30.3 Å². The third kappa shape index (κ3) is 3.78. The van der Waals surface area contributed by atoms with Crippen molar-refractivity contribution in [1.29, 1.82) is 0 Å². The number of amides is 1. The number of nitrogens with one attached hydrogen (secondary N) is 1. The summed E-state index contributed by atoms with van der Waals surface area (Å²) in [6.45, 7) is 0.589. The van der Waals surface area contributed by atoms with Crippen molar-refractivity contribution in [2.75, 3.05) is 11.9 Å². The number of nitrogens with two attached hydrogens (primary N) is 1. The van der Waals surface area contributed by atoms with Gasteiger partial charge in [0.15, 0.2) is 0 Å². The summed E-state index contributed by atoms with van der Waals surface area (Å²) in [5.41, 5.74) is 0.489. The van der Waals surface area contributed by atoms with Crippen LogP contribution in [0.25, 0.3) is 0 Å². The molecule has 1 unspecified atom stereocenters. The predicted molar refractivity (Wildman–Crippen MR) is 77.7 cm³/mol. The maximum atomic E-state index is 12.0. The van der Waals surface area contributed by atoms with Crippen LogP contribution in [-0.4, -0.2) is 27.0 Å². The highest BCUT2D eigenvalue weighted by molar-refractivity contribution is 9.10. The van der Waals surface area contributed by atoms with Crippen molar-refractivity contribution in [1.82, 2.24) is 0 Å². The van der Waals surface area contributed by atoms with E-state index in [9.17, 15) is 13.2 Å². The van der Waals surface area contributed by atoms with E-state index in [0.29, 0.717) is 23.2 Å². The molecule has 1 aliphatic heterocycles. The molecule has 1 atom stereocenters. The van der Waals surface area contributed by atoms with Gasteiger partial charge in [0.2, 0.25) is 10.0 Å². The van der Waals surface area contributed by atoms with Crippen LogP contribution in [0.3, 0.4) is 0 Å². The molecule has 1 fully saturated rings. The second-order valence-electron chi connectivity index (χ2n) is 4.53. The second-order valence-corrected chi connectivity index (χ2v) is 6.92. The fraction of sp³-hybridized carbons (Fsp3) is 0.417. The normalized spacial score (nSPS) is 19.6. The quantitative estimate of drug-likeness (QED) is 0.852. The number of rotatable bonds is 3. The highest BCUT2D eigenvalue weighted by Gasteiger charge is 2.22. The Morgan fingerprint density at radius 2 is 2.15 bits per heavy atom. The summed E-state index contributed by atoms with van der Waals surface area (Å²) in [6.07, 6.45) is 2.19. The Kier molecular flexibility index (Phi) is 4.79. The standard InChI is InChI=1S/C12H15BrN2O4S/c13-9-7-8(4-5-11(9)20(14,17)18)15-12(16)10-3-1-2-6-19-10/h4-5,7,10H,1-3,6H2,(H,15,16)(H2,14,17,18). The zero-order valence-corrected chi connectivity index (χ0v) is 13.0. The van der Waals surface area contributed by atoms with Crippen LogP contribution in [0.4, 0.5) is 5.69 Å². The lowest BCUT2D eigenvalue weighted by Gasteiger charge is -2.21. The molecule has 1 aromatic rings. The Hall–Kier alpha value is -0.960. The molecule has 0 aliphatic carbocycles. The Morgan fingerprint density at radius 1 is 1.40 bits per heavy atom. The second kappa shape index (κ2) is 6.21. The van der Waals surface area contributed by atoms with Gasteiger partial charge in [-0.3, -0.25) is 4.79 Å². The lowest BCUT2D eigenvalue weighted by molar-refractivity contribution is -0.129. The smallest absolute Gasteiger partial charge is 0.253 e. The highest BCUT2D eigenvalue weighted by atomic mass is 79.9. The Bertz CT molecular complexity index is 612. The van der Waals surface area contributed by atoms with Gasteiger partial charge in [0.05, 0.1) is 4.90 Å². The summed E-state index contributed by atoms with van der Waals surface area (Å²) in [7, 11) is -3.78. The van der Waals surface area contributed by atoms with E-state index in [4.69, 9.17) is 9.88 Å². The molecule has 6 nitrogen and oxygen atoms in total. The first-order valence-corrected chi connectivity index (χ1v) is 8.46. The van der Waals surface area contributed by atoms with E-state index < -0.39 is 16.1 Å². The van der Waals surface area contributed by atoms with E-state index in [0.717, 1.165) is 12.8 Å². The molecule has 1 heterocycles. The Morgan fingerprint density at radius 3 is 2.70 bits per heavy atom. The molecule has 3 N–H and O–H groups in total. The van der Waals surface area contributed by atoms with Crippen molar-refractivity contribution in [3.8, 4) is 0 Å². The number of benzene rings is 1. The fourth-order valence-electron chi connectivity index (χ4n) is 1.98. The van der Waals surface area contributed by atoms with Crippen molar-refractivity contribution in [3.05, 3.63) is 22.7 Å². The van der Waals surface area contributed by atoms with Gasteiger partial charge in [-0.1, -0.05) is 0 Å². The van der Waals surface area contributed by atoms with E-state index >= 15 is 0 Å². The van der Waals surface area contributed by atoms with Crippen molar-refractivity contribution < 1.29 is 17.9 Å². The number of ether oxygens (including phenoxy) is 1. The molecule has 1 aromatic carbocycles. The van der Waals surface area contributed by atoms with Crippen molar-refractivity contribution in [2.24, 2.45) is 5.14 Å². The summed E-state index contributed by atoms with van der Waals surface area (Å²) < 4.78 is 28.2. The van der Waals surface area contributed by atoms with Crippen LogP contribution in [0.2, 0.25) is 0 Å². The molecule has 20 heavy (non-hydrogen) atoms. The molecule has 0 bridgehead atoms. The van der Waals surface area contributed by atoms with Crippen LogP contribution >= 0.6 is 15.9 Å². The molecule has 0 spiro atoms. The van der Waals surface area contributed by atoms with Crippen LogP contribution in [0.1, 0.15) is 19.3 Å². The van der Waals surface area contributed by atoms with Crippen molar-refractivity contribution in [3.63, 3.8) is 0 Å². The Balaban J connectivity index is 2.10. The maximum absolute atomic E-state index is 12.0. The number of sulfonamides is 1. The van der Waals surface area contributed by atoms with Gasteiger partial charge in [0.1, 0.15) is 6.10 Å². The largest absolute Gasteiger partial charge is 0.368 e. The van der Waals surface area contributed by atoms with Gasteiger partial charge in [-0.2, -0.15) is 0 Å². The first-order chi connectivity index (χ1) is 9.38. The fourth-order valence-corrected chi connectivity index (χ4v) is 3.62. The number of halogens is 1. The molecule has 1 saturated heterocycles. The van der Waals surface area contributed by atoms with Gasteiger partial charge in [-0.25, -0.2) is 13.6 Å². The van der Waals surface area contributed by atoms with Gasteiger partial charge < -0.3 is 10.1 Å². The minimum absolute atomic E-state index is 0.0237. The number of hydrogen-bond donors (Lipinski definition) is 2. The molecule has 1 amide bonds. The molecule has 8 heteroatoms. The molecule has 0 aromatic heterocycles. The summed E-state index contributed by atoms with van der Waals surface area (Å²) in [5, 5.41) is 7.76. The van der Waals surface area contributed by atoms with Crippen LogP contribution in [0.15, 0.2) is 27.6 Å². The molecule has 110 valence electrons. The van der Waals surface area contributed by atoms with Crippen LogP contribution in [0.5, 0.6) is 0 Å². The summed E-state index contributed by atoms with van der Waals surface area (Å²) >= 11 is 3.13. The average molecular weight is 363 g/mol. The number of primary sulfonamides is 1. The molecule has 0 radical (unpaired) electrons. The summed E-state index contributed by atoms with van der Waals surface area (Å²) in [4.78, 5) is 11.9. The highest BCUT2D eigenvalue weighted by Crippen LogP contribution is 2.25. The molecular formula is C12H15BrN2O4S. The number of carbonyl (C=O) groups excluding carboxylic acids is 1.